The van der Waals surface area contributed by atoms with Gasteiger partial charge in [0.05, 0.1) is 22.6 Å². The van der Waals surface area contributed by atoms with Crippen molar-refractivity contribution in [1.29, 1.82) is 10.5 Å². The van der Waals surface area contributed by atoms with E-state index in [0.717, 1.165) is 6.07 Å². The summed E-state index contributed by atoms with van der Waals surface area (Å²) in [5.41, 5.74) is -0.105. The van der Waals surface area contributed by atoms with Gasteiger partial charge in [-0.15, -0.1) is 0 Å². The molecular formula is C13H14N4O3. The van der Waals surface area contributed by atoms with Gasteiger partial charge in [-0.1, -0.05) is 0 Å². The molecule has 0 aromatic heterocycles. The third-order valence-corrected chi connectivity index (χ3v) is 2.38. The molecule has 0 aliphatic rings. The first-order valence-corrected chi connectivity index (χ1v) is 5.95. The van der Waals surface area contributed by atoms with Crippen molar-refractivity contribution in [1.82, 2.24) is 5.32 Å². The molecule has 0 aliphatic heterocycles. The van der Waals surface area contributed by atoms with Crippen LogP contribution in [0.25, 0.3) is 0 Å². The monoisotopic (exact) mass is 274 g/mol. The molecule has 0 aliphatic carbocycles. The Morgan fingerprint density at radius 1 is 1.45 bits per heavy atom. The lowest BCUT2D eigenvalue weighted by Crippen LogP contribution is -2.38. The Hall–Kier alpha value is -2.64. The fraction of sp³-hybridized carbons (Fsp3) is 0.385. The minimum absolute atomic E-state index is 0.0125. The van der Waals surface area contributed by atoms with E-state index in [2.05, 4.69) is 5.32 Å². The minimum atomic E-state index is -0.618. The number of ether oxygens (including phenoxy) is 1. The van der Waals surface area contributed by atoms with Gasteiger partial charge in [0.1, 0.15) is 12.6 Å². The zero-order valence-electron chi connectivity index (χ0n) is 11.2. The number of nitro groups is 1. The van der Waals surface area contributed by atoms with Gasteiger partial charge < -0.3 is 4.74 Å². The predicted octanol–water partition coefficient (Wildman–Crippen LogP) is 1.74. The van der Waals surface area contributed by atoms with Gasteiger partial charge in [0.2, 0.25) is 0 Å². The molecule has 0 radical (unpaired) electrons. The number of benzene rings is 1. The topological polar surface area (TPSA) is 112 Å². The lowest BCUT2D eigenvalue weighted by molar-refractivity contribution is -0.385. The third kappa shape index (κ3) is 4.23. The summed E-state index contributed by atoms with van der Waals surface area (Å²) in [6, 6.07) is 7.31. The van der Waals surface area contributed by atoms with E-state index in [0.29, 0.717) is 0 Å². The maximum Gasteiger partial charge on any atom is 0.312 e. The molecule has 1 atom stereocenters. The molecule has 0 bridgehead atoms. The fourth-order valence-electron chi connectivity index (χ4n) is 1.55. The van der Waals surface area contributed by atoms with E-state index in [9.17, 15) is 10.1 Å². The summed E-state index contributed by atoms with van der Waals surface area (Å²) in [6.07, 6.45) is 0. The van der Waals surface area contributed by atoms with Crippen LogP contribution in [0.2, 0.25) is 0 Å². The number of nitrogens with zero attached hydrogens (tertiary/aromatic N) is 3. The van der Waals surface area contributed by atoms with Crippen LogP contribution in [0.4, 0.5) is 5.69 Å². The summed E-state index contributed by atoms with van der Waals surface area (Å²) in [5.74, 6) is 0.0415. The molecule has 104 valence electrons. The van der Waals surface area contributed by atoms with Gasteiger partial charge in [-0.25, -0.2) is 0 Å². The molecule has 1 unspecified atom stereocenters. The Morgan fingerprint density at radius 2 is 2.15 bits per heavy atom. The molecule has 7 nitrogen and oxygen atoms in total. The maximum atomic E-state index is 10.9. The van der Waals surface area contributed by atoms with E-state index < -0.39 is 11.0 Å². The summed E-state index contributed by atoms with van der Waals surface area (Å²) >= 11 is 0. The van der Waals surface area contributed by atoms with Crippen molar-refractivity contribution in [2.45, 2.75) is 25.9 Å². The molecule has 1 aromatic rings. The number of rotatable bonds is 6. The summed E-state index contributed by atoms with van der Waals surface area (Å²) < 4.78 is 5.32. The van der Waals surface area contributed by atoms with E-state index in [-0.39, 0.29) is 29.6 Å². The van der Waals surface area contributed by atoms with Gasteiger partial charge in [0.25, 0.3) is 0 Å². The first-order chi connectivity index (χ1) is 9.47. The highest BCUT2D eigenvalue weighted by Crippen LogP contribution is 2.27. The average molecular weight is 274 g/mol. The highest BCUT2D eigenvalue weighted by Gasteiger charge is 2.18. The Morgan fingerprint density at radius 3 is 2.65 bits per heavy atom. The number of nitrogens with one attached hydrogen (secondary N) is 1. The summed E-state index contributed by atoms with van der Waals surface area (Å²) in [7, 11) is 0. The molecule has 1 N–H and O–H groups in total. The van der Waals surface area contributed by atoms with E-state index in [1.165, 1.54) is 12.1 Å². The van der Waals surface area contributed by atoms with Crippen LogP contribution < -0.4 is 10.1 Å². The second-order valence-electron chi connectivity index (χ2n) is 4.37. The lowest BCUT2D eigenvalue weighted by Gasteiger charge is -2.15. The Bertz CT molecular complexity index is 572. The van der Waals surface area contributed by atoms with Crippen LogP contribution in [0, 0.1) is 32.8 Å². The van der Waals surface area contributed by atoms with E-state index >= 15 is 0 Å². The Labute approximate surface area is 116 Å². The van der Waals surface area contributed by atoms with Crippen LogP contribution in [0.5, 0.6) is 5.75 Å². The Balaban J connectivity index is 2.85. The summed E-state index contributed by atoms with van der Waals surface area (Å²) in [5, 5.41) is 31.5. The van der Waals surface area contributed by atoms with Crippen molar-refractivity contribution in [3.05, 3.63) is 33.9 Å². The molecule has 20 heavy (non-hydrogen) atoms. The van der Waals surface area contributed by atoms with Crippen molar-refractivity contribution >= 4 is 5.69 Å². The molecule has 7 heteroatoms. The van der Waals surface area contributed by atoms with Crippen LogP contribution in [-0.2, 0) is 0 Å². The first-order valence-electron chi connectivity index (χ1n) is 5.95. The highest BCUT2D eigenvalue weighted by atomic mass is 16.6. The van der Waals surface area contributed by atoms with Crippen molar-refractivity contribution in [3.63, 3.8) is 0 Å². The smallest absolute Gasteiger partial charge is 0.312 e. The van der Waals surface area contributed by atoms with Crippen LogP contribution in [0.1, 0.15) is 19.4 Å². The molecule has 0 fully saturated rings. The molecule has 0 heterocycles. The zero-order chi connectivity index (χ0) is 15.1. The standard InChI is InChI=1S/C13H14N4O3/c1-9(2)16-11(7-15)8-20-13-4-3-10(6-14)5-12(13)17(18)19/h3-5,9,11,16H,8H2,1-2H3. The number of hydrogen-bond acceptors (Lipinski definition) is 6. The largest absolute Gasteiger partial charge is 0.484 e. The van der Waals surface area contributed by atoms with Crippen LogP contribution >= 0.6 is 0 Å². The number of nitro benzene ring substituents is 1. The first kappa shape index (κ1) is 15.4. The van der Waals surface area contributed by atoms with Gasteiger partial charge in [-0.05, 0) is 26.0 Å². The number of hydrogen-bond donors (Lipinski definition) is 1. The van der Waals surface area contributed by atoms with Crippen molar-refractivity contribution in [2.75, 3.05) is 6.61 Å². The highest BCUT2D eigenvalue weighted by molar-refractivity contribution is 5.51. The lowest BCUT2D eigenvalue weighted by atomic mass is 10.2. The van der Waals surface area contributed by atoms with E-state index in [4.69, 9.17) is 15.3 Å². The van der Waals surface area contributed by atoms with Crippen molar-refractivity contribution < 1.29 is 9.66 Å². The fourth-order valence-corrected chi connectivity index (χ4v) is 1.55. The van der Waals surface area contributed by atoms with Crippen molar-refractivity contribution in [3.8, 4) is 17.9 Å². The molecular weight excluding hydrogens is 260 g/mol. The summed E-state index contributed by atoms with van der Waals surface area (Å²) in [6.45, 7) is 3.75. The van der Waals surface area contributed by atoms with E-state index in [1.54, 1.807) is 0 Å². The average Bonchev–Trinajstić information content (AvgIpc) is 2.42. The van der Waals surface area contributed by atoms with Crippen LogP contribution in [0.3, 0.4) is 0 Å². The molecule has 0 saturated carbocycles. The van der Waals surface area contributed by atoms with Gasteiger partial charge in [0, 0.05) is 12.1 Å². The van der Waals surface area contributed by atoms with Gasteiger partial charge in [-0.2, -0.15) is 10.5 Å². The molecule has 1 aromatic carbocycles. The second-order valence-corrected chi connectivity index (χ2v) is 4.37. The van der Waals surface area contributed by atoms with Crippen LogP contribution in [-0.4, -0.2) is 23.6 Å². The molecule has 0 saturated heterocycles. The molecule has 1 rings (SSSR count). The Kier molecular flexibility index (Phi) is 5.45. The minimum Gasteiger partial charge on any atom is -0.484 e. The van der Waals surface area contributed by atoms with Gasteiger partial charge >= 0.3 is 5.69 Å². The SMILES string of the molecule is CC(C)NC(C#N)COc1ccc(C#N)cc1[N+](=O)[O-]. The third-order valence-electron chi connectivity index (χ3n) is 2.38. The number of nitriles is 2. The normalized spacial score (nSPS) is 11.4. The van der Waals surface area contributed by atoms with Gasteiger partial charge in [0.15, 0.2) is 5.75 Å². The quantitative estimate of drug-likeness (QED) is 0.624. The molecule has 0 amide bonds. The van der Waals surface area contributed by atoms with Crippen molar-refractivity contribution in [2.24, 2.45) is 0 Å². The molecule has 0 spiro atoms. The zero-order valence-corrected chi connectivity index (χ0v) is 11.2. The predicted molar refractivity (Wildman–Crippen MR) is 71.0 cm³/mol. The van der Waals surface area contributed by atoms with Gasteiger partial charge in [-0.3, -0.25) is 15.4 Å². The van der Waals surface area contributed by atoms with Crippen LogP contribution in [0.15, 0.2) is 18.2 Å². The maximum absolute atomic E-state index is 10.9. The second kappa shape index (κ2) is 7.07. The summed E-state index contributed by atoms with van der Waals surface area (Å²) in [4.78, 5) is 10.3. The van der Waals surface area contributed by atoms with E-state index in [1.807, 2.05) is 26.0 Å².